The smallest absolute Gasteiger partial charge is 0.235 e. The van der Waals surface area contributed by atoms with Gasteiger partial charge in [-0.2, -0.15) is 0 Å². The van der Waals surface area contributed by atoms with Crippen LogP contribution in [0.2, 0.25) is 0 Å². The maximum absolute atomic E-state index is 13.1. The number of ether oxygens (including phenoxy) is 1. The second-order valence-corrected chi connectivity index (χ2v) is 7.80. The molecule has 0 aliphatic heterocycles. The molecule has 0 radical (unpaired) electrons. The van der Waals surface area contributed by atoms with Crippen molar-refractivity contribution in [1.82, 2.24) is 0 Å². The highest BCUT2D eigenvalue weighted by Crippen LogP contribution is 2.38. The summed E-state index contributed by atoms with van der Waals surface area (Å²) < 4.78 is 11.1. The average molecular weight is 384 g/mol. The lowest BCUT2D eigenvalue weighted by Gasteiger charge is -2.17. The molecule has 2 aromatic rings. The van der Waals surface area contributed by atoms with Crippen LogP contribution in [0.25, 0.3) is 0 Å². The zero-order chi connectivity index (χ0) is 19.6. The van der Waals surface area contributed by atoms with Crippen LogP contribution < -0.4 is 4.74 Å². The Morgan fingerprint density at radius 3 is 2.37 bits per heavy atom. The molecule has 0 spiro atoms. The van der Waals surface area contributed by atoms with E-state index in [1.807, 2.05) is 45.0 Å². The number of ketones is 2. The lowest BCUT2D eigenvalue weighted by Crippen LogP contribution is -2.20. The molecule has 0 fully saturated rings. The predicted molar refractivity (Wildman–Crippen MR) is 108 cm³/mol. The molecule has 27 heavy (non-hydrogen) atoms. The van der Waals surface area contributed by atoms with Gasteiger partial charge in [0.05, 0.1) is 17.6 Å². The predicted octanol–water partition coefficient (Wildman–Crippen LogP) is 5.37. The van der Waals surface area contributed by atoms with Gasteiger partial charge in [0, 0.05) is 17.6 Å². The number of thioether (sulfide) groups is 1. The van der Waals surface area contributed by atoms with Crippen LogP contribution in [0.4, 0.5) is 0 Å². The second-order valence-electron chi connectivity index (χ2n) is 6.53. The summed E-state index contributed by atoms with van der Waals surface area (Å²) in [7, 11) is 1.63. The lowest BCUT2D eigenvalue weighted by molar-refractivity contribution is 0.0960. The Balaban J connectivity index is 1.99. The Bertz CT molecular complexity index is 903. The normalized spacial score (nSPS) is 13.9. The first-order chi connectivity index (χ1) is 13.0. The second kappa shape index (κ2) is 8.17. The van der Waals surface area contributed by atoms with Gasteiger partial charge < -0.3 is 9.15 Å². The third kappa shape index (κ3) is 3.61. The van der Waals surface area contributed by atoms with Crippen molar-refractivity contribution in [1.29, 1.82) is 0 Å². The van der Waals surface area contributed by atoms with E-state index in [1.165, 1.54) is 11.8 Å². The number of benzene rings is 1. The molecular formula is C22H24O4S. The minimum atomic E-state index is -0.149. The van der Waals surface area contributed by atoms with Crippen LogP contribution in [-0.4, -0.2) is 24.4 Å². The molecule has 0 unspecified atom stereocenters. The fourth-order valence-electron chi connectivity index (χ4n) is 3.36. The zero-order valence-electron chi connectivity index (χ0n) is 16.2. The van der Waals surface area contributed by atoms with Crippen molar-refractivity contribution in [3.8, 4) is 5.75 Å². The summed E-state index contributed by atoms with van der Waals surface area (Å²) >= 11 is 1.43. The first-order valence-corrected chi connectivity index (χ1v) is 10.2. The molecule has 0 bridgehead atoms. The molecule has 5 heteroatoms. The molecule has 142 valence electrons. The summed E-state index contributed by atoms with van der Waals surface area (Å²) in [5.41, 5.74) is 2.90. The summed E-state index contributed by atoms with van der Waals surface area (Å²) in [6.45, 7) is 5.87. The average Bonchev–Trinajstić information content (AvgIpc) is 3.00. The lowest BCUT2D eigenvalue weighted by atomic mass is 9.89. The van der Waals surface area contributed by atoms with Crippen molar-refractivity contribution < 1.29 is 18.7 Å². The van der Waals surface area contributed by atoms with Crippen LogP contribution in [0.15, 0.2) is 39.2 Å². The number of furan rings is 1. The zero-order valence-corrected chi connectivity index (χ0v) is 17.0. The van der Waals surface area contributed by atoms with Crippen molar-refractivity contribution in [2.75, 3.05) is 12.9 Å². The minimum absolute atomic E-state index is 0.0513. The van der Waals surface area contributed by atoms with Crippen LogP contribution in [0.1, 0.15) is 64.5 Å². The molecule has 0 atom stereocenters. The van der Waals surface area contributed by atoms with E-state index in [0.29, 0.717) is 34.6 Å². The topological polar surface area (TPSA) is 56.5 Å². The van der Waals surface area contributed by atoms with Crippen LogP contribution in [-0.2, 0) is 6.42 Å². The van der Waals surface area contributed by atoms with Gasteiger partial charge in [-0.25, -0.2) is 0 Å². The summed E-state index contributed by atoms with van der Waals surface area (Å²) in [6, 6.07) is 7.70. The summed E-state index contributed by atoms with van der Waals surface area (Å²) in [5, 5.41) is 0. The largest absolute Gasteiger partial charge is 0.497 e. The van der Waals surface area contributed by atoms with Gasteiger partial charge in [0.15, 0.2) is 11.5 Å². The monoisotopic (exact) mass is 384 g/mol. The molecule has 0 saturated heterocycles. The van der Waals surface area contributed by atoms with Crippen LogP contribution in [0.5, 0.6) is 5.75 Å². The molecular weight excluding hydrogens is 360 g/mol. The highest BCUT2D eigenvalue weighted by molar-refractivity contribution is 8.04. The van der Waals surface area contributed by atoms with Crippen LogP contribution in [0, 0.1) is 6.92 Å². The third-order valence-electron chi connectivity index (χ3n) is 4.75. The standard InChI is InChI=1S/C22H24O4S/c1-5-7-16-19(23)18-13(3)17(12-14-8-10-15(25-4)11-9-14)26-21(18)20(24)22(16)27-6-2/h8-11H,5-7,12H2,1-4H3. The van der Waals surface area contributed by atoms with Crippen molar-refractivity contribution in [2.45, 2.75) is 40.0 Å². The SMILES string of the molecule is CCCC1=C(SCC)C(=O)c2oc(Cc3ccc(OC)cc3)c(C)c2C1=O. The van der Waals surface area contributed by atoms with E-state index in [9.17, 15) is 9.59 Å². The first kappa shape index (κ1) is 19.5. The Hall–Kier alpha value is -2.27. The molecule has 1 aromatic carbocycles. The number of methoxy groups -OCH3 is 1. The van der Waals surface area contributed by atoms with Gasteiger partial charge in [0.2, 0.25) is 5.78 Å². The molecule has 0 N–H and O–H groups in total. The number of fused-ring (bicyclic) bond motifs is 1. The van der Waals surface area contributed by atoms with Gasteiger partial charge in [-0.05, 0) is 36.8 Å². The van der Waals surface area contributed by atoms with Crippen LogP contribution in [0.3, 0.4) is 0 Å². The number of rotatable bonds is 7. The summed E-state index contributed by atoms with van der Waals surface area (Å²) in [4.78, 5) is 26.7. The fourth-order valence-corrected chi connectivity index (χ4v) is 4.24. The number of carbonyl (C=O) groups excluding carboxylic acids is 2. The molecule has 0 amide bonds. The summed E-state index contributed by atoms with van der Waals surface area (Å²) in [5.74, 6) is 2.21. The van der Waals surface area contributed by atoms with E-state index < -0.39 is 0 Å². The highest BCUT2D eigenvalue weighted by atomic mass is 32.2. The van der Waals surface area contributed by atoms with E-state index in [-0.39, 0.29) is 17.3 Å². The minimum Gasteiger partial charge on any atom is -0.497 e. The number of hydrogen-bond donors (Lipinski definition) is 0. The fraction of sp³-hybridized carbons (Fsp3) is 0.364. The Kier molecular flexibility index (Phi) is 5.90. The van der Waals surface area contributed by atoms with Crippen LogP contribution >= 0.6 is 11.8 Å². The van der Waals surface area contributed by atoms with Crippen molar-refractivity contribution in [3.63, 3.8) is 0 Å². The molecule has 1 aliphatic rings. The van der Waals surface area contributed by atoms with Gasteiger partial charge in [-0.1, -0.05) is 32.4 Å². The first-order valence-electron chi connectivity index (χ1n) is 9.22. The quantitative estimate of drug-likeness (QED) is 0.642. The number of allylic oxidation sites excluding steroid dienone is 2. The van der Waals surface area contributed by atoms with Crippen molar-refractivity contribution in [3.05, 3.63) is 63.0 Å². The van der Waals surface area contributed by atoms with E-state index >= 15 is 0 Å². The van der Waals surface area contributed by atoms with Gasteiger partial charge in [0.25, 0.3) is 0 Å². The molecule has 4 nitrogen and oxygen atoms in total. The maximum Gasteiger partial charge on any atom is 0.235 e. The Labute approximate surface area is 164 Å². The molecule has 3 rings (SSSR count). The van der Waals surface area contributed by atoms with Gasteiger partial charge in [-0.15, -0.1) is 11.8 Å². The van der Waals surface area contributed by atoms with E-state index in [4.69, 9.17) is 9.15 Å². The maximum atomic E-state index is 13.1. The number of hydrogen-bond acceptors (Lipinski definition) is 5. The van der Waals surface area contributed by atoms with E-state index in [0.717, 1.165) is 29.1 Å². The van der Waals surface area contributed by atoms with Gasteiger partial charge in [0.1, 0.15) is 11.5 Å². The highest BCUT2D eigenvalue weighted by Gasteiger charge is 2.37. The third-order valence-corrected chi connectivity index (χ3v) is 5.75. The summed E-state index contributed by atoms with van der Waals surface area (Å²) in [6.07, 6.45) is 1.97. The Morgan fingerprint density at radius 2 is 1.78 bits per heavy atom. The Morgan fingerprint density at radius 1 is 1.07 bits per heavy atom. The number of carbonyl (C=O) groups is 2. The van der Waals surface area contributed by atoms with Crippen molar-refractivity contribution in [2.24, 2.45) is 0 Å². The van der Waals surface area contributed by atoms with Gasteiger partial charge in [-0.3, -0.25) is 9.59 Å². The number of Topliss-reactive ketones (excluding diaryl/α,β-unsaturated/α-hetero) is 2. The molecule has 1 aliphatic carbocycles. The molecule has 1 heterocycles. The van der Waals surface area contributed by atoms with E-state index in [2.05, 4.69) is 0 Å². The molecule has 1 aromatic heterocycles. The van der Waals surface area contributed by atoms with Gasteiger partial charge >= 0.3 is 0 Å². The molecule has 0 saturated carbocycles. The van der Waals surface area contributed by atoms with E-state index in [1.54, 1.807) is 7.11 Å². The van der Waals surface area contributed by atoms with Crippen molar-refractivity contribution >= 4 is 23.3 Å².